The van der Waals surface area contributed by atoms with E-state index in [-0.39, 0.29) is 5.69 Å². The number of non-ortho nitro benzene ring substituents is 1. The quantitative estimate of drug-likeness (QED) is 0.501. The van der Waals surface area contributed by atoms with Crippen molar-refractivity contribution < 1.29 is 14.5 Å². The van der Waals surface area contributed by atoms with E-state index in [9.17, 15) is 14.9 Å². The Bertz CT molecular complexity index is 752. The third kappa shape index (κ3) is 4.16. The van der Waals surface area contributed by atoms with E-state index in [1.807, 2.05) is 31.2 Å². The molecule has 0 aliphatic carbocycles. The molecular formula is C17H17N3O4. The summed E-state index contributed by atoms with van der Waals surface area (Å²) in [6.45, 7) is 1.93. The molecule has 0 saturated heterocycles. The second-order valence-electron chi connectivity index (χ2n) is 4.89. The summed E-state index contributed by atoms with van der Waals surface area (Å²) in [5.41, 5.74) is 4.30. The van der Waals surface area contributed by atoms with Crippen LogP contribution in [0.3, 0.4) is 0 Å². The zero-order chi connectivity index (χ0) is 17.5. The molecule has 0 aliphatic rings. The Hall–Kier alpha value is -3.22. The summed E-state index contributed by atoms with van der Waals surface area (Å²) in [6.07, 6.45) is 0.632. The first kappa shape index (κ1) is 17.1. The van der Waals surface area contributed by atoms with Crippen LogP contribution >= 0.6 is 0 Å². The highest BCUT2D eigenvalue weighted by molar-refractivity contribution is 6.02. The van der Waals surface area contributed by atoms with Crippen LogP contribution in [0.15, 0.2) is 53.6 Å². The lowest BCUT2D eigenvalue weighted by Crippen LogP contribution is -2.20. The summed E-state index contributed by atoms with van der Waals surface area (Å²) >= 11 is 0. The number of hydrazone groups is 1. The van der Waals surface area contributed by atoms with Crippen molar-refractivity contribution in [1.82, 2.24) is 5.43 Å². The number of nitro benzene ring substituents is 1. The molecule has 0 heterocycles. The van der Waals surface area contributed by atoms with Crippen LogP contribution in [0, 0.1) is 10.1 Å². The summed E-state index contributed by atoms with van der Waals surface area (Å²) in [5.74, 6) is 0.313. The Morgan fingerprint density at radius 2 is 1.71 bits per heavy atom. The minimum absolute atomic E-state index is 0.0671. The van der Waals surface area contributed by atoms with Gasteiger partial charge < -0.3 is 4.74 Å². The summed E-state index contributed by atoms with van der Waals surface area (Å²) in [4.78, 5) is 22.2. The van der Waals surface area contributed by atoms with Gasteiger partial charge in [0.25, 0.3) is 11.6 Å². The summed E-state index contributed by atoms with van der Waals surface area (Å²) in [6, 6.07) is 12.7. The van der Waals surface area contributed by atoms with Crippen LogP contribution in [-0.4, -0.2) is 23.7 Å². The lowest BCUT2D eigenvalue weighted by Gasteiger charge is -2.06. The van der Waals surface area contributed by atoms with E-state index in [1.165, 1.54) is 24.3 Å². The molecule has 124 valence electrons. The molecule has 0 aliphatic heterocycles. The molecule has 2 aromatic carbocycles. The third-order valence-electron chi connectivity index (χ3n) is 3.39. The van der Waals surface area contributed by atoms with Gasteiger partial charge in [0.1, 0.15) is 5.75 Å². The highest BCUT2D eigenvalue weighted by Crippen LogP contribution is 2.14. The van der Waals surface area contributed by atoms with Gasteiger partial charge in [0.05, 0.1) is 17.7 Å². The van der Waals surface area contributed by atoms with Crippen molar-refractivity contribution in [3.63, 3.8) is 0 Å². The zero-order valence-corrected chi connectivity index (χ0v) is 13.4. The van der Waals surface area contributed by atoms with E-state index in [2.05, 4.69) is 10.5 Å². The number of benzene rings is 2. The van der Waals surface area contributed by atoms with Crippen molar-refractivity contribution in [2.75, 3.05) is 7.11 Å². The third-order valence-corrected chi connectivity index (χ3v) is 3.39. The van der Waals surface area contributed by atoms with Crippen LogP contribution in [-0.2, 0) is 0 Å². The fourth-order valence-corrected chi connectivity index (χ4v) is 2.05. The molecule has 1 amide bonds. The number of nitrogens with zero attached hydrogens (tertiary/aromatic N) is 2. The predicted molar refractivity (Wildman–Crippen MR) is 90.4 cm³/mol. The van der Waals surface area contributed by atoms with Gasteiger partial charge in [0.15, 0.2) is 0 Å². The van der Waals surface area contributed by atoms with E-state index in [0.717, 1.165) is 11.3 Å². The Balaban J connectivity index is 2.10. The molecule has 0 radical (unpaired) electrons. The Morgan fingerprint density at radius 1 is 1.12 bits per heavy atom. The molecule has 0 saturated carbocycles. The summed E-state index contributed by atoms with van der Waals surface area (Å²) < 4.78 is 5.11. The SMILES string of the molecule is CCC(=NNC(=O)c1ccc([N+](=O)[O-])cc1)c1ccc(OC)cc1. The van der Waals surface area contributed by atoms with Crippen molar-refractivity contribution in [3.05, 3.63) is 69.8 Å². The highest BCUT2D eigenvalue weighted by Gasteiger charge is 2.09. The van der Waals surface area contributed by atoms with E-state index in [0.29, 0.717) is 17.7 Å². The van der Waals surface area contributed by atoms with Crippen LogP contribution < -0.4 is 10.2 Å². The standard InChI is InChI=1S/C17H17N3O4/c1-3-16(12-6-10-15(24-2)11-7-12)18-19-17(21)13-4-8-14(9-5-13)20(22)23/h4-11H,3H2,1-2H3,(H,19,21). The fourth-order valence-electron chi connectivity index (χ4n) is 2.05. The van der Waals surface area contributed by atoms with E-state index in [4.69, 9.17) is 4.74 Å². The van der Waals surface area contributed by atoms with Gasteiger partial charge in [-0.2, -0.15) is 5.10 Å². The van der Waals surface area contributed by atoms with Crippen molar-refractivity contribution in [1.29, 1.82) is 0 Å². The molecule has 1 N–H and O–H groups in total. The minimum Gasteiger partial charge on any atom is -0.497 e. The van der Waals surface area contributed by atoms with Crippen LogP contribution in [0.1, 0.15) is 29.3 Å². The molecule has 0 unspecified atom stereocenters. The monoisotopic (exact) mass is 327 g/mol. The number of carbonyl (C=O) groups is 1. The summed E-state index contributed by atoms with van der Waals surface area (Å²) in [7, 11) is 1.59. The number of methoxy groups -OCH3 is 1. The maximum atomic E-state index is 12.1. The van der Waals surface area contributed by atoms with Crippen LogP contribution in [0.5, 0.6) is 5.75 Å². The molecule has 24 heavy (non-hydrogen) atoms. The van der Waals surface area contributed by atoms with Gasteiger partial charge in [-0.3, -0.25) is 14.9 Å². The van der Waals surface area contributed by atoms with Crippen molar-refractivity contribution in [2.24, 2.45) is 5.10 Å². The maximum Gasteiger partial charge on any atom is 0.271 e. The average molecular weight is 327 g/mol. The van der Waals surface area contributed by atoms with Crippen molar-refractivity contribution in [2.45, 2.75) is 13.3 Å². The number of hydrogen-bond donors (Lipinski definition) is 1. The largest absolute Gasteiger partial charge is 0.497 e. The number of ether oxygens (including phenoxy) is 1. The molecule has 0 fully saturated rings. The first-order valence-corrected chi connectivity index (χ1v) is 7.31. The van der Waals surface area contributed by atoms with E-state index in [1.54, 1.807) is 7.11 Å². The van der Waals surface area contributed by atoms with Gasteiger partial charge >= 0.3 is 0 Å². The van der Waals surface area contributed by atoms with E-state index >= 15 is 0 Å². The topological polar surface area (TPSA) is 93.8 Å². The Kier molecular flexibility index (Phi) is 5.62. The number of nitrogens with one attached hydrogen (secondary N) is 1. The Morgan fingerprint density at radius 3 is 2.21 bits per heavy atom. The second-order valence-corrected chi connectivity index (χ2v) is 4.89. The number of amides is 1. The molecule has 7 nitrogen and oxygen atoms in total. The normalized spacial score (nSPS) is 11.0. The molecule has 0 spiro atoms. The van der Waals surface area contributed by atoms with Crippen molar-refractivity contribution in [3.8, 4) is 5.75 Å². The smallest absolute Gasteiger partial charge is 0.271 e. The van der Waals surface area contributed by atoms with Crippen LogP contribution in [0.2, 0.25) is 0 Å². The van der Waals surface area contributed by atoms with Crippen LogP contribution in [0.4, 0.5) is 5.69 Å². The molecule has 7 heteroatoms. The average Bonchev–Trinajstić information content (AvgIpc) is 2.62. The highest BCUT2D eigenvalue weighted by atomic mass is 16.6. The fraction of sp³-hybridized carbons (Fsp3) is 0.176. The number of hydrogen-bond acceptors (Lipinski definition) is 5. The molecule has 0 aromatic heterocycles. The zero-order valence-electron chi connectivity index (χ0n) is 13.4. The van der Waals surface area contributed by atoms with E-state index < -0.39 is 10.8 Å². The van der Waals surface area contributed by atoms with Crippen LogP contribution in [0.25, 0.3) is 0 Å². The number of carbonyl (C=O) groups excluding carboxylic acids is 1. The van der Waals surface area contributed by atoms with Gasteiger partial charge in [-0.15, -0.1) is 0 Å². The number of nitro groups is 1. The lowest BCUT2D eigenvalue weighted by atomic mass is 10.1. The molecule has 2 rings (SSSR count). The van der Waals surface area contributed by atoms with Gasteiger partial charge in [-0.05, 0) is 48.4 Å². The molecule has 2 aromatic rings. The minimum atomic E-state index is -0.515. The lowest BCUT2D eigenvalue weighted by molar-refractivity contribution is -0.384. The van der Waals surface area contributed by atoms with Gasteiger partial charge in [0, 0.05) is 17.7 Å². The maximum absolute atomic E-state index is 12.1. The second kappa shape index (κ2) is 7.87. The first-order chi connectivity index (χ1) is 11.5. The number of rotatable bonds is 6. The predicted octanol–water partition coefficient (Wildman–Crippen LogP) is 3.15. The van der Waals surface area contributed by atoms with Gasteiger partial charge in [0.2, 0.25) is 0 Å². The first-order valence-electron chi connectivity index (χ1n) is 7.31. The molecule has 0 bridgehead atoms. The molecular weight excluding hydrogens is 310 g/mol. The summed E-state index contributed by atoms with van der Waals surface area (Å²) in [5, 5.41) is 14.8. The van der Waals surface area contributed by atoms with Crippen molar-refractivity contribution >= 4 is 17.3 Å². The van der Waals surface area contributed by atoms with Gasteiger partial charge in [-0.25, -0.2) is 5.43 Å². The Labute approximate surface area is 139 Å². The van der Waals surface area contributed by atoms with Gasteiger partial charge in [-0.1, -0.05) is 6.92 Å². The molecule has 0 atom stereocenters.